The Morgan fingerprint density at radius 2 is 2.05 bits per heavy atom. The number of thiazole rings is 1. The fourth-order valence-corrected chi connectivity index (χ4v) is 3.10. The van der Waals surface area contributed by atoms with Crippen LogP contribution >= 0.6 is 22.9 Å². The van der Waals surface area contributed by atoms with E-state index in [9.17, 15) is 4.79 Å². The maximum atomic E-state index is 12.4. The van der Waals surface area contributed by atoms with E-state index in [-0.39, 0.29) is 5.91 Å². The number of hydrogen-bond acceptors (Lipinski definition) is 4. The Labute approximate surface area is 136 Å². The molecule has 6 heteroatoms. The minimum Gasteiger partial charge on any atom is -0.320 e. The molecular weight excluding hydrogens is 318 g/mol. The van der Waals surface area contributed by atoms with Crippen LogP contribution in [0.1, 0.15) is 15.4 Å². The summed E-state index contributed by atoms with van der Waals surface area (Å²) in [7, 11) is 0. The van der Waals surface area contributed by atoms with Gasteiger partial charge in [0, 0.05) is 18.0 Å². The Hall–Kier alpha value is -2.24. The van der Waals surface area contributed by atoms with Crippen molar-refractivity contribution < 1.29 is 4.79 Å². The third-order valence-electron chi connectivity index (χ3n) is 3.03. The van der Waals surface area contributed by atoms with E-state index in [0.29, 0.717) is 21.3 Å². The Morgan fingerprint density at radius 1 is 1.23 bits per heavy atom. The molecule has 1 N–H and O–H groups in total. The number of para-hydroxylation sites is 1. The van der Waals surface area contributed by atoms with Crippen LogP contribution in [0.25, 0.3) is 10.6 Å². The van der Waals surface area contributed by atoms with Crippen LogP contribution in [-0.2, 0) is 0 Å². The normalized spacial score (nSPS) is 10.5. The maximum absolute atomic E-state index is 12.4. The highest BCUT2D eigenvalue weighted by molar-refractivity contribution is 7.17. The highest BCUT2D eigenvalue weighted by Gasteiger charge is 2.17. The highest BCUT2D eigenvalue weighted by atomic mass is 35.5. The fraction of sp³-hybridized carbons (Fsp3) is 0.0625. The zero-order valence-electron chi connectivity index (χ0n) is 11.7. The SMILES string of the molecule is Cc1nc(-c2cccnc2)sc1C(=O)Nc1ccccc1Cl. The highest BCUT2D eigenvalue weighted by Crippen LogP contribution is 2.29. The predicted molar refractivity (Wildman–Crippen MR) is 89.5 cm³/mol. The zero-order valence-corrected chi connectivity index (χ0v) is 13.3. The van der Waals surface area contributed by atoms with Crippen molar-refractivity contribution >= 4 is 34.5 Å². The van der Waals surface area contributed by atoms with Crippen LogP contribution in [0.5, 0.6) is 0 Å². The molecule has 0 saturated heterocycles. The number of aryl methyl sites for hydroxylation is 1. The average molecular weight is 330 g/mol. The van der Waals surface area contributed by atoms with Crippen molar-refractivity contribution in [2.24, 2.45) is 0 Å². The molecule has 0 fully saturated rings. The molecule has 0 spiro atoms. The first-order valence-corrected chi connectivity index (χ1v) is 7.78. The number of halogens is 1. The molecule has 0 radical (unpaired) electrons. The van der Waals surface area contributed by atoms with Crippen molar-refractivity contribution in [3.8, 4) is 10.6 Å². The number of nitrogens with zero attached hydrogens (tertiary/aromatic N) is 2. The molecule has 0 aliphatic heterocycles. The molecule has 0 aliphatic rings. The number of hydrogen-bond donors (Lipinski definition) is 1. The van der Waals surface area contributed by atoms with Gasteiger partial charge < -0.3 is 5.32 Å². The van der Waals surface area contributed by atoms with Crippen LogP contribution in [0.15, 0.2) is 48.8 Å². The zero-order chi connectivity index (χ0) is 15.5. The molecular formula is C16H12ClN3OS. The van der Waals surface area contributed by atoms with Crippen molar-refractivity contribution in [3.63, 3.8) is 0 Å². The van der Waals surface area contributed by atoms with Gasteiger partial charge in [-0.15, -0.1) is 11.3 Å². The molecule has 3 rings (SSSR count). The molecule has 110 valence electrons. The Bertz CT molecular complexity index is 817. The molecule has 3 aromatic rings. The fourth-order valence-electron chi connectivity index (χ4n) is 1.96. The van der Waals surface area contributed by atoms with E-state index in [4.69, 9.17) is 11.6 Å². The second kappa shape index (κ2) is 6.25. The van der Waals surface area contributed by atoms with Crippen LogP contribution in [0.2, 0.25) is 5.02 Å². The summed E-state index contributed by atoms with van der Waals surface area (Å²) in [6.45, 7) is 1.82. The molecule has 0 aliphatic carbocycles. The van der Waals surface area contributed by atoms with Crippen LogP contribution in [0.4, 0.5) is 5.69 Å². The summed E-state index contributed by atoms with van der Waals surface area (Å²) in [5.41, 5.74) is 2.17. The summed E-state index contributed by atoms with van der Waals surface area (Å²) in [4.78, 5) is 21.5. The third-order valence-corrected chi connectivity index (χ3v) is 4.57. The first-order chi connectivity index (χ1) is 10.6. The number of anilines is 1. The van der Waals surface area contributed by atoms with Gasteiger partial charge in [0.2, 0.25) is 0 Å². The summed E-state index contributed by atoms with van der Waals surface area (Å²) >= 11 is 7.40. The molecule has 4 nitrogen and oxygen atoms in total. The largest absolute Gasteiger partial charge is 0.320 e. The number of pyridine rings is 1. The quantitative estimate of drug-likeness (QED) is 0.774. The van der Waals surface area contributed by atoms with E-state index < -0.39 is 0 Å². The van der Waals surface area contributed by atoms with Gasteiger partial charge in [0.25, 0.3) is 5.91 Å². The lowest BCUT2D eigenvalue weighted by Gasteiger charge is -2.05. The topological polar surface area (TPSA) is 54.9 Å². The second-order valence-electron chi connectivity index (χ2n) is 4.61. The molecule has 2 aromatic heterocycles. The van der Waals surface area contributed by atoms with Gasteiger partial charge in [-0.3, -0.25) is 9.78 Å². The smallest absolute Gasteiger partial charge is 0.267 e. The lowest BCUT2D eigenvalue weighted by molar-refractivity contribution is 0.103. The summed E-state index contributed by atoms with van der Waals surface area (Å²) in [6, 6.07) is 10.9. The molecule has 22 heavy (non-hydrogen) atoms. The number of benzene rings is 1. The molecule has 0 atom stereocenters. The van der Waals surface area contributed by atoms with Crippen molar-refractivity contribution in [1.82, 2.24) is 9.97 Å². The summed E-state index contributed by atoms with van der Waals surface area (Å²) in [6.07, 6.45) is 3.43. The van der Waals surface area contributed by atoms with Crippen molar-refractivity contribution in [1.29, 1.82) is 0 Å². The lowest BCUT2D eigenvalue weighted by Crippen LogP contribution is -2.11. The molecule has 0 bridgehead atoms. The molecule has 0 saturated carbocycles. The monoisotopic (exact) mass is 329 g/mol. The average Bonchev–Trinajstić information content (AvgIpc) is 2.92. The van der Waals surface area contributed by atoms with Crippen LogP contribution < -0.4 is 5.32 Å². The summed E-state index contributed by atoms with van der Waals surface area (Å²) in [5, 5.41) is 4.09. The Kier molecular flexibility index (Phi) is 4.18. The van der Waals surface area contributed by atoms with Gasteiger partial charge in [-0.1, -0.05) is 23.7 Å². The van der Waals surface area contributed by atoms with E-state index in [1.54, 1.807) is 24.5 Å². The summed E-state index contributed by atoms with van der Waals surface area (Å²) < 4.78 is 0. The minimum absolute atomic E-state index is 0.210. The maximum Gasteiger partial charge on any atom is 0.267 e. The lowest BCUT2D eigenvalue weighted by atomic mass is 10.3. The molecule has 2 heterocycles. The summed E-state index contributed by atoms with van der Waals surface area (Å²) in [5.74, 6) is -0.210. The second-order valence-corrected chi connectivity index (χ2v) is 6.02. The van der Waals surface area contributed by atoms with Gasteiger partial charge in [0.05, 0.1) is 16.4 Å². The van der Waals surface area contributed by atoms with Crippen LogP contribution in [-0.4, -0.2) is 15.9 Å². The first-order valence-electron chi connectivity index (χ1n) is 6.59. The van der Waals surface area contributed by atoms with Gasteiger partial charge >= 0.3 is 0 Å². The van der Waals surface area contributed by atoms with Crippen molar-refractivity contribution in [2.45, 2.75) is 6.92 Å². The van der Waals surface area contributed by atoms with Crippen molar-refractivity contribution in [3.05, 3.63) is 64.4 Å². The van der Waals surface area contributed by atoms with Gasteiger partial charge in [-0.25, -0.2) is 4.98 Å². The van der Waals surface area contributed by atoms with E-state index in [1.807, 2.05) is 31.2 Å². The number of carbonyl (C=O) groups excluding carboxylic acids is 1. The number of nitrogens with one attached hydrogen (secondary N) is 1. The Balaban J connectivity index is 1.88. The molecule has 1 amide bonds. The van der Waals surface area contributed by atoms with E-state index >= 15 is 0 Å². The van der Waals surface area contributed by atoms with E-state index in [2.05, 4.69) is 15.3 Å². The van der Waals surface area contributed by atoms with Crippen molar-refractivity contribution in [2.75, 3.05) is 5.32 Å². The standard InChI is InChI=1S/C16H12ClN3OS/c1-10-14(15(21)20-13-7-3-2-6-12(13)17)22-16(19-10)11-5-4-8-18-9-11/h2-9H,1H3,(H,20,21). The number of amides is 1. The minimum atomic E-state index is -0.210. The third kappa shape index (κ3) is 3.00. The molecule has 1 aromatic carbocycles. The number of carbonyl (C=O) groups is 1. The van der Waals surface area contributed by atoms with Gasteiger partial charge in [0.1, 0.15) is 9.88 Å². The van der Waals surface area contributed by atoms with Gasteiger partial charge in [-0.05, 0) is 31.2 Å². The van der Waals surface area contributed by atoms with Gasteiger partial charge in [0.15, 0.2) is 0 Å². The molecule has 0 unspecified atom stereocenters. The van der Waals surface area contributed by atoms with Gasteiger partial charge in [-0.2, -0.15) is 0 Å². The Morgan fingerprint density at radius 3 is 2.77 bits per heavy atom. The predicted octanol–water partition coefficient (Wildman–Crippen LogP) is 4.42. The number of aromatic nitrogens is 2. The first kappa shape index (κ1) is 14.7. The van der Waals surface area contributed by atoms with Crippen LogP contribution in [0, 0.1) is 6.92 Å². The number of rotatable bonds is 3. The van der Waals surface area contributed by atoms with Crippen LogP contribution in [0.3, 0.4) is 0 Å². The van der Waals surface area contributed by atoms with E-state index in [1.165, 1.54) is 11.3 Å². The van der Waals surface area contributed by atoms with E-state index in [0.717, 1.165) is 10.6 Å².